The van der Waals surface area contributed by atoms with Crippen molar-refractivity contribution >= 4 is 15.9 Å². The molecular weight excluding hydrogens is 314 g/mol. The van der Waals surface area contributed by atoms with Gasteiger partial charge in [0.2, 0.25) is 0 Å². The predicted octanol–water partition coefficient (Wildman–Crippen LogP) is 4.67. The zero-order chi connectivity index (χ0) is 14.2. The molecule has 0 saturated heterocycles. The van der Waals surface area contributed by atoms with Gasteiger partial charge < -0.3 is 10.1 Å². The first-order valence-corrected chi connectivity index (χ1v) is 8.68. The fraction of sp³-hybridized carbons (Fsp3) is 0.647. The smallest absolute Gasteiger partial charge is 0.0732 e. The average Bonchev–Trinajstić information content (AvgIpc) is 2.69. The molecule has 2 atom stereocenters. The van der Waals surface area contributed by atoms with Gasteiger partial charge in [-0.2, -0.15) is 0 Å². The summed E-state index contributed by atoms with van der Waals surface area (Å²) in [5, 5.41) is 3.67. The van der Waals surface area contributed by atoms with E-state index in [-0.39, 0.29) is 0 Å². The molecule has 0 spiro atoms. The van der Waals surface area contributed by atoms with Crippen molar-refractivity contribution in [3.8, 4) is 0 Å². The number of rotatable bonds is 6. The van der Waals surface area contributed by atoms with Crippen molar-refractivity contribution in [2.75, 3.05) is 6.54 Å². The number of benzene rings is 1. The van der Waals surface area contributed by atoms with Gasteiger partial charge in [0, 0.05) is 10.5 Å². The lowest BCUT2D eigenvalue weighted by Crippen LogP contribution is -2.41. The van der Waals surface area contributed by atoms with Crippen LogP contribution in [0.5, 0.6) is 0 Å². The monoisotopic (exact) mass is 339 g/mol. The Morgan fingerprint density at radius 1 is 1.15 bits per heavy atom. The van der Waals surface area contributed by atoms with Gasteiger partial charge in [0.1, 0.15) is 0 Å². The van der Waals surface area contributed by atoms with Gasteiger partial charge in [0.25, 0.3) is 0 Å². The van der Waals surface area contributed by atoms with E-state index in [0.29, 0.717) is 12.1 Å². The van der Waals surface area contributed by atoms with Gasteiger partial charge in [-0.25, -0.2) is 0 Å². The van der Waals surface area contributed by atoms with Crippen molar-refractivity contribution in [2.45, 2.75) is 64.2 Å². The predicted molar refractivity (Wildman–Crippen MR) is 87.9 cm³/mol. The summed E-state index contributed by atoms with van der Waals surface area (Å²) in [5.41, 5.74) is 1.26. The highest BCUT2D eigenvalue weighted by Crippen LogP contribution is 2.22. The van der Waals surface area contributed by atoms with E-state index in [1.54, 1.807) is 0 Å². The molecule has 1 aromatic rings. The molecule has 0 aromatic heterocycles. The molecule has 1 aliphatic carbocycles. The van der Waals surface area contributed by atoms with Crippen LogP contribution in [0.3, 0.4) is 0 Å². The molecule has 0 amide bonds. The Morgan fingerprint density at radius 3 is 2.65 bits per heavy atom. The Balaban J connectivity index is 1.87. The van der Waals surface area contributed by atoms with Crippen molar-refractivity contribution in [2.24, 2.45) is 0 Å². The van der Waals surface area contributed by atoms with Crippen LogP contribution in [0.4, 0.5) is 0 Å². The minimum Gasteiger partial charge on any atom is -0.372 e. The summed E-state index contributed by atoms with van der Waals surface area (Å²) in [6.07, 6.45) is 7.99. The van der Waals surface area contributed by atoms with Crippen molar-refractivity contribution in [1.29, 1.82) is 0 Å². The first-order chi connectivity index (χ1) is 9.79. The first kappa shape index (κ1) is 16.0. The molecule has 0 bridgehead atoms. The molecule has 112 valence electrons. The lowest BCUT2D eigenvalue weighted by molar-refractivity contribution is 0.0107. The minimum absolute atomic E-state index is 0.368. The second kappa shape index (κ2) is 8.81. The maximum absolute atomic E-state index is 6.22. The minimum atomic E-state index is 0.368. The molecule has 1 N–H and O–H groups in total. The van der Waals surface area contributed by atoms with E-state index in [1.807, 2.05) is 0 Å². The van der Waals surface area contributed by atoms with Gasteiger partial charge in [0.05, 0.1) is 12.7 Å². The SMILES string of the molecule is CCCNC1CCCCCC1OCc1ccc(Br)cc1. The van der Waals surface area contributed by atoms with Crippen LogP contribution < -0.4 is 5.32 Å². The van der Waals surface area contributed by atoms with Crippen LogP contribution >= 0.6 is 15.9 Å². The van der Waals surface area contributed by atoms with E-state index in [0.717, 1.165) is 17.6 Å². The number of nitrogens with one attached hydrogen (secondary N) is 1. The Morgan fingerprint density at radius 2 is 1.90 bits per heavy atom. The fourth-order valence-electron chi connectivity index (χ4n) is 2.82. The zero-order valence-corrected chi connectivity index (χ0v) is 14.0. The third kappa shape index (κ3) is 5.19. The maximum atomic E-state index is 6.22. The van der Waals surface area contributed by atoms with Crippen molar-refractivity contribution in [3.05, 3.63) is 34.3 Å². The van der Waals surface area contributed by atoms with E-state index in [9.17, 15) is 0 Å². The second-order valence-corrected chi connectivity index (χ2v) is 6.59. The molecule has 1 aliphatic rings. The standard InChI is InChI=1S/C17H26BrNO/c1-2-12-19-16-6-4-3-5-7-17(16)20-13-14-8-10-15(18)11-9-14/h8-11,16-17,19H,2-7,12-13H2,1H3. The third-order valence-electron chi connectivity index (χ3n) is 3.99. The van der Waals surface area contributed by atoms with Gasteiger partial charge in [-0.1, -0.05) is 54.2 Å². The van der Waals surface area contributed by atoms with Gasteiger partial charge in [-0.3, -0.25) is 0 Å². The van der Waals surface area contributed by atoms with Gasteiger partial charge in [-0.05, 0) is 43.5 Å². The topological polar surface area (TPSA) is 21.3 Å². The van der Waals surface area contributed by atoms with Crippen LogP contribution in [0.25, 0.3) is 0 Å². The van der Waals surface area contributed by atoms with Crippen LogP contribution in [0.1, 0.15) is 51.0 Å². The zero-order valence-electron chi connectivity index (χ0n) is 12.4. The van der Waals surface area contributed by atoms with Crippen molar-refractivity contribution in [1.82, 2.24) is 5.32 Å². The molecular formula is C17H26BrNO. The molecule has 1 aromatic carbocycles. The molecule has 0 heterocycles. The van der Waals surface area contributed by atoms with Crippen LogP contribution in [-0.4, -0.2) is 18.7 Å². The normalized spacial score (nSPS) is 23.5. The Hall–Kier alpha value is -0.380. The summed E-state index contributed by atoms with van der Waals surface area (Å²) in [4.78, 5) is 0. The third-order valence-corrected chi connectivity index (χ3v) is 4.52. The van der Waals surface area contributed by atoms with E-state index in [2.05, 4.69) is 52.4 Å². The van der Waals surface area contributed by atoms with Crippen molar-refractivity contribution < 1.29 is 4.74 Å². The maximum Gasteiger partial charge on any atom is 0.0732 e. The summed E-state index contributed by atoms with van der Waals surface area (Å²) in [6, 6.07) is 8.97. The number of halogens is 1. The summed E-state index contributed by atoms with van der Waals surface area (Å²) >= 11 is 3.47. The lowest BCUT2D eigenvalue weighted by atomic mass is 10.1. The Bertz CT molecular complexity index is 379. The number of hydrogen-bond acceptors (Lipinski definition) is 2. The molecule has 0 radical (unpaired) electrons. The van der Waals surface area contributed by atoms with Gasteiger partial charge in [0.15, 0.2) is 0 Å². The molecule has 2 rings (SSSR count). The largest absolute Gasteiger partial charge is 0.372 e. The van der Waals surface area contributed by atoms with E-state index < -0.39 is 0 Å². The Labute approximate surface area is 131 Å². The number of ether oxygens (including phenoxy) is 1. The van der Waals surface area contributed by atoms with Crippen LogP contribution in [0.15, 0.2) is 28.7 Å². The molecule has 1 saturated carbocycles. The first-order valence-electron chi connectivity index (χ1n) is 7.89. The van der Waals surface area contributed by atoms with Crippen LogP contribution in [0, 0.1) is 0 Å². The fourth-order valence-corrected chi connectivity index (χ4v) is 3.08. The number of hydrogen-bond donors (Lipinski definition) is 1. The highest BCUT2D eigenvalue weighted by Gasteiger charge is 2.23. The van der Waals surface area contributed by atoms with Crippen LogP contribution in [0.2, 0.25) is 0 Å². The molecule has 0 aliphatic heterocycles. The highest BCUT2D eigenvalue weighted by atomic mass is 79.9. The van der Waals surface area contributed by atoms with E-state index >= 15 is 0 Å². The summed E-state index contributed by atoms with van der Waals surface area (Å²) in [5.74, 6) is 0. The summed E-state index contributed by atoms with van der Waals surface area (Å²) in [7, 11) is 0. The molecule has 2 nitrogen and oxygen atoms in total. The highest BCUT2D eigenvalue weighted by molar-refractivity contribution is 9.10. The molecule has 20 heavy (non-hydrogen) atoms. The van der Waals surface area contributed by atoms with Crippen LogP contribution in [-0.2, 0) is 11.3 Å². The summed E-state index contributed by atoms with van der Waals surface area (Å²) in [6.45, 7) is 4.05. The van der Waals surface area contributed by atoms with Crippen molar-refractivity contribution in [3.63, 3.8) is 0 Å². The second-order valence-electron chi connectivity index (χ2n) is 5.67. The lowest BCUT2D eigenvalue weighted by Gasteiger charge is -2.26. The Kier molecular flexibility index (Phi) is 7.05. The average molecular weight is 340 g/mol. The van der Waals surface area contributed by atoms with Gasteiger partial charge in [-0.15, -0.1) is 0 Å². The van der Waals surface area contributed by atoms with Gasteiger partial charge >= 0.3 is 0 Å². The molecule has 3 heteroatoms. The summed E-state index contributed by atoms with van der Waals surface area (Å²) < 4.78 is 7.34. The quantitative estimate of drug-likeness (QED) is 0.760. The molecule has 2 unspecified atom stereocenters. The van der Waals surface area contributed by atoms with E-state index in [1.165, 1.54) is 44.1 Å². The van der Waals surface area contributed by atoms with E-state index in [4.69, 9.17) is 4.74 Å². The molecule has 1 fully saturated rings.